The van der Waals surface area contributed by atoms with Crippen LogP contribution in [-0.4, -0.2) is 36.4 Å². The van der Waals surface area contributed by atoms with Crippen LogP contribution in [0.2, 0.25) is 0 Å². The van der Waals surface area contributed by atoms with E-state index < -0.39 is 0 Å². The predicted molar refractivity (Wildman–Crippen MR) is 80.5 cm³/mol. The van der Waals surface area contributed by atoms with E-state index in [1.807, 2.05) is 18.5 Å². The lowest BCUT2D eigenvalue weighted by Crippen LogP contribution is -2.49. The van der Waals surface area contributed by atoms with Gasteiger partial charge in [-0.05, 0) is 43.2 Å². The predicted octanol–water partition coefficient (Wildman–Crippen LogP) is 1.43. The van der Waals surface area contributed by atoms with Crippen LogP contribution >= 0.6 is 0 Å². The normalized spacial score (nSPS) is 30.6. The van der Waals surface area contributed by atoms with Gasteiger partial charge >= 0.3 is 0 Å². The number of hydrogen-bond donors (Lipinski definition) is 2. The van der Waals surface area contributed by atoms with Crippen molar-refractivity contribution in [1.29, 1.82) is 0 Å². The zero-order chi connectivity index (χ0) is 14.5. The van der Waals surface area contributed by atoms with Crippen molar-refractivity contribution < 1.29 is 9.47 Å². The third kappa shape index (κ3) is 3.61. The number of nitrogens with one attached hydrogen (secondary N) is 1. The monoisotopic (exact) mass is 291 g/mol. The Morgan fingerprint density at radius 1 is 1.48 bits per heavy atom. The Labute approximate surface area is 126 Å². The molecule has 3 heterocycles. The Kier molecular flexibility index (Phi) is 4.85. The molecule has 0 radical (unpaired) electrons. The van der Waals surface area contributed by atoms with Crippen LogP contribution < -0.4 is 11.3 Å². The number of hydrogen-bond acceptors (Lipinski definition) is 5. The van der Waals surface area contributed by atoms with Gasteiger partial charge in [-0.15, -0.1) is 0 Å². The van der Waals surface area contributed by atoms with Gasteiger partial charge in [0.2, 0.25) is 0 Å². The fourth-order valence-corrected chi connectivity index (χ4v) is 3.60. The molecule has 2 saturated heterocycles. The third-order valence-electron chi connectivity index (χ3n) is 4.85. The van der Waals surface area contributed by atoms with Crippen LogP contribution in [0.5, 0.6) is 0 Å². The molecule has 5 nitrogen and oxygen atoms in total. The minimum Gasteiger partial charge on any atom is -0.378 e. The number of aromatic nitrogens is 1. The molecule has 21 heavy (non-hydrogen) atoms. The molecular formula is C16H25N3O2. The van der Waals surface area contributed by atoms with Crippen molar-refractivity contribution in [1.82, 2.24) is 10.4 Å². The SMILES string of the molecule is NNC(CCc1cccnc1)C1CCOC2(CCOC2)C1. The summed E-state index contributed by atoms with van der Waals surface area (Å²) in [5.41, 5.74) is 4.25. The van der Waals surface area contributed by atoms with E-state index in [-0.39, 0.29) is 5.60 Å². The van der Waals surface area contributed by atoms with Gasteiger partial charge in [0.05, 0.1) is 12.2 Å². The molecule has 3 unspecified atom stereocenters. The quantitative estimate of drug-likeness (QED) is 0.634. The fraction of sp³-hybridized carbons (Fsp3) is 0.688. The highest BCUT2D eigenvalue weighted by atomic mass is 16.6. The van der Waals surface area contributed by atoms with Gasteiger partial charge in [0, 0.05) is 38.1 Å². The first-order valence-corrected chi connectivity index (χ1v) is 7.88. The summed E-state index contributed by atoms with van der Waals surface area (Å²) >= 11 is 0. The number of rotatable bonds is 5. The summed E-state index contributed by atoms with van der Waals surface area (Å²) in [5.74, 6) is 6.37. The summed E-state index contributed by atoms with van der Waals surface area (Å²) in [6, 6.07) is 4.43. The summed E-state index contributed by atoms with van der Waals surface area (Å²) in [6.45, 7) is 2.38. The molecule has 2 aliphatic rings. The van der Waals surface area contributed by atoms with Crippen molar-refractivity contribution in [2.75, 3.05) is 19.8 Å². The van der Waals surface area contributed by atoms with Gasteiger partial charge in [-0.2, -0.15) is 0 Å². The lowest BCUT2D eigenvalue weighted by atomic mass is 9.80. The van der Waals surface area contributed by atoms with Gasteiger partial charge in [0.15, 0.2) is 0 Å². The number of nitrogens with two attached hydrogens (primary N) is 1. The van der Waals surface area contributed by atoms with Gasteiger partial charge in [0.25, 0.3) is 0 Å². The molecule has 5 heteroatoms. The number of ether oxygens (including phenoxy) is 2. The zero-order valence-electron chi connectivity index (χ0n) is 12.5. The summed E-state index contributed by atoms with van der Waals surface area (Å²) < 4.78 is 11.6. The standard InChI is InChI=1S/C16H25N3O2/c17-19-15(4-3-13-2-1-7-18-11-13)14-5-8-21-16(10-14)6-9-20-12-16/h1-2,7,11,14-15,19H,3-6,8-10,12,17H2. The zero-order valence-corrected chi connectivity index (χ0v) is 12.5. The number of hydrazine groups is 1. The van der Waals surface area contributed by atoms with Crippen molar-refractivity contribution in [3.8, 4) is 0 Å². The molecule has 0 saturated carbocycles. The molecule has 3 atom stereocenters. The lowest BCUT2D eigenvalue weighted by Gasteiger charge is -2.40. The molecule has 1 aromatic heterocycles. The molecule has 0 amide bonds. The van der Waals surface area contributed by atoms with Crippen molar-refractivity contribution in [3.05, 3.63) is 30.1 Å². The first-order valence-electron chi connectivity index (χ1n) is 7.88. The van der Waals surface area contributed by atoms with Crippen molar-refractivity contribution in [2.24, 2.45) is 11.8 Å². The minimum atomic E-state index is -0.0493. The Bertz CT molecular complexity index is 434. The van der Waals surface area contributed by atoms with E-state index in [1.165, 1.54) is 5.56 Å². The summed E-state index contributed by atoms with van der Waals surface area (Å²) in [5, 5.41) is 0. The van der Waals surface area contributed by atoms with Crippen molar-refractivity contribution in [3.63, 3.8) is 0 Å². The molecule has 1 spiro atoms. The Hall–Kier alpha value is -1.01. The second-order valence-corrected chi connectivity index (χ2v) is 6.26. The molecule has 0 bridgehead atoms. The smallest absolute Gasteiger partial charge is 0.0939 e. The fourth-order valence-electron chi connectivity index (χ4n) is 3.60. The van der Waals surface area contributed by atoms with Crippen LogP contribution in [0.25, 0.3) is 0 Å². The average Bonchev–Trinajstić information content (AvgIpc) is 2.97. The van der Waals surface area contributed by atoms with Crippen LogP contribution in [0.15, 0.2) is 24.5 Å². The molecule has 0 aliphatic carbocycles. The van der Waals surface area contributed by atoms with E-state index in [0.29, 0.717) is 12.0 Å². The average molecular weight is 291 g/mol. The maximum atomic E-state index is 6.01. The summed E-state index contributed by atoms with van der Waals surface area (Å²) in [7, 11) is 0. The van der Waals surface area contributed by atoms with E-state index in [9.17, 15) is 0 Å². The van der Waals surface area contributed by atoms with Crippen LogP contribution in [0, 0.1) is 5.92 Å². The minimum absolute atomic E-state index is 0.0493. The van der Waals surface area contributed by atoms with E-state index in [4.69, 9.17) is 15.3 Å². The largest absolute Gasteiger partial charge is 0.378 e. The molecule has 3 rings (SSSR count). The maximum Gasteiger partial charge on any atom is 0.0939 e. The summed E-state index contributed by atoms with van der Waals surface area (Å²) in [4.78, 5) is 4.17. The number of pyridine rings is 1. The van der Waals surface area contributed by atoms with Crippen molar-refractivity contribution >= 4 is 0 Å². The molecule has 2 aliphatic heterocycles. The lowest BCUT2D eigenvalue weighted by molar-refractivity contribution is -0.103. The Morgan fingerprint density at radius 3 is 3.14 bits per heavy atom. The number of nitrogens with zero attached hydrogens (tertiary/aromatic N) is 1. The highest BCUT2D eigenvalue weighted by molar-refractivity contribution is 5.09. The first kappa shape index (κ1) is 14.9. The molecule has 2 fully saturated rings. The van der Waals surface area contributed by atoms with E-state index in [2.05, 4.69) is 16.5 Å². The van der Waals surface area contributed by atoms with Gasteiger partial charge in [-0.1, -0.05) is 6.07 Å². The highest BCUT2D eigenvalue weighted by Crippen LogP contribution is 2.37. The van der Waals surface area contributed by atoms with Crippen LogP contribution in [-0.2, 0) is 15.9 Å². The van der Waals surface area contributed by atoms with Crippen LogP contribution in [0.3, 0.4) is 0 Å². The first-order chi connectivity index (χ1) is 10.3. The topological polar surface area (TPSA) is 69.4 Å². The molecule has 3 N–H and O–H groups in total. The van der Waals surface area contributed by atoms with Gasteiger partial charge in [-0.25, -0.2) is 0 Å². The maximum absolute atomic E-state index is 6.01. The van der Waals surface area contributed by atoms with E-state index in [1.54, 1.807) is 0 Å². The van der Waals surface area contributed by atoms with Gasteiger partial charge in [0.1, 0.15) is 0 Å². The highest BCUT2D eigenvalue weighted by Gasteiger charge is 2.42. The van der Waals surface area contributed by atoms with Crippen LogP contribution in [0.1, 0.15) is 31.2 Å². The summed E-state index contributed by atoms with van der Waals surface area (Å²) in [6.07, 6.45) is 8.92. The molecule has 1 aromatic rings. The van der Waals surface area contributed by atoms with Gasteiger partial charge < -0.3 is 9.47 Å². The second kappa shape index (κ2) is 6.83. The second-order valence-electron chi connectivity index (χ2n) is 6.26. The number of aryl methyl sites for hydroxylation is 1. The van der Waals surface area contributed by atoms with Gasteiger partial charge in [-0.3, -0.25) is 16.3 Å². The Balaban J connectivity index is 1.57. The Morgan fingerprint density at radius 2 is 2.43 bits per heavy atom. The molecule has 0 aromatic carbocycles. The molecule has 116 valence electrons. The third-order valence-corrected chi connectivity index (χ3v) is 4.85. The van der Waals surface area contributed by atoms with Crippen molar-refractivity contribution in [2.45, 2.75) is 43.7 Å². The van der Waals surface area contributed by atoms with E-state index >= 15 is 0 Å². The van der Waals surface area contributed by atoms with Crippen LogP contribution in [0.4, 0.5) is 0 Å². The molecular weight excluding hydrogens is 266 g/mol. The van der Waals surface area contributed by atoms with E-state index in [0.717, 1.165) is 51.9 Å².